The number of rotatable bonds is 4. The zero-order valence-corrected chi connectivity index (χ0v) is 15.9. The molecule has 1 aliphatic heterocycles. The van der Waals surface area contributed by atoms with E-state index in [1.165, 1.54) is 0 Å². The minimum Gasteiger partial charge on any atom is -0.450 e. The predicted octanol–water partition coefficient (Wildman–Crippen LogP) is 3.55. The molecule has 1 atom stereocenters. The third-order valence-corrected chi connectivity index (χ3v) is 5.10. The summed E-state index contributed by atoms with van der Waals surface area (Å²) in [5.41, 5.74) is 1.51. The summed E-state index contributed by atoms with van der Waals surface area (Å²) >= 11 is 6.03. The normalized spacial score (nSPS) is 16.4. The Labute approximate surface area is 161 Å². The molecule has 27 heavy (non-hydrogen) atoms. The number of para-hydroxylation sites is 1. The van der Waals surface area contributed by atoms with E-state index in [0.29, 0.717) is 34.6 Å². The summed E-state index contributed by atoms with van der Waals surface area (Å²) < 4.78 is 5.88. The lowest BCUT2D eigenvalue weighted by molar-refractivity contribution is 0.0716. The van der Waals surface area contributed by atoms with Gasteiger partial charge in [0.1, 0.15) is 5.58 Å². The van der Waals surface area contributed by atoms with Crippen molar-refractivity contribution < 1.29 is 9.21 Å². The molecule has 2 aromatic carbocycles. The van der Waals surface area contributed by atoms with E-state index in [4.69, 9.17) is 16.0 Å². The molecule has 0 fully saturated rings. The number of benzene rings is 2. The lowest BCUT2D eigenvalue weighted by Gasteiger charge is -2.26. The van der Waals surface area contributed by atoms with Crippen molar-refractivity contribution in [1.82, 2.24) is 9.80 Å². The Bertz CT molecular complexity index is 1070. The van der Waals surface area contributed by atoms with Crippen LogP contribution < -0.4 is 5.43 Å². The van der Waals surface area contributed by atoms with Gasteiger partial charge in [-0.15, -0.1) is 0 Å². The smallest absolute Gasteiger partial charge is 0.290 e. The molecule has 5 nitrogen and oxygen atoms in total. The minimum absolute atomic E-state index is 0.136. The van der Waals surface area contributed by atoms with Crippen LogP contribution >= 0.6 is 11.6 Å². The summed E-state index contributed by atoms with van der Waals surface area (Å²) in [4.78, 5) is 30.0. The molecule has 1 aromatic heterocycles. The van der Waals surface area contributed by atoms with E-state index in [1.807, 2.05) is 31.1 Å². The summed E-state index contributed by atoms with van der Waals surface area (Å²) in [7, 11) is 3.89. The number of fused-ring (bicyclic) bond motifs is 2. The van der Waals surface area contributed by atoms with Crippen LogP contribution in [0, 0.1) is 0 Å². The first-order valence-corrected chi connectivity index (χ1v) is 9.12. The van der Waals surface area contributed by atoms with Crippen molar-refractivity contribution in [2.45, 2.75) is 6.04 Å². The summed E-state index contributed by atoms with van der Waals surface area (Å²) in [6.45, 7) is 1.16. The molecule has 0 saturated heterocycles. The number of hydrogen-bond acceptors (Lipinski definition) is 4. The fourth-order valence-electron chi connectivity index (χ4n) is 3.50. The number of amides is 1. The van der Waals surface area contributed by atoms with Gasteiger partial charge in [-0.1, -0.05) is 35.9 Å². The van der Waals surface area contributed by atoms with Gasteiger partial charge in [0.2, 0.25) is 5.76 Å². The van der Waals surface area contributed by atoms with Crippen LogP contribution in [-0.2, 0) is 0 Å². The first-order chi connectivity index (χ1) is 13.0. The van der Waals surface area contributed by atoms with E-state index in [-0.39, 0.29) is 17.1 Å². The van der Waals surface area contributed by atoms with Gasteiger partial charge in [0.25, 0.3) is 5.91 Å². The summed E-state index contributed by atoms with van der Waals surface area (Å²) in [5, 5.41) is 1.09. The van der Waals surface area contributed by atoms with Crippen LogP contribution in [0.1, 0.15) is 27.7 Å². The summed E-state index contributed by atoms with van der Waals surface area (Å²) in [6.07, 6.45) is 0. The standard InChI is InChI=1S/C21H19ClN2O3/c1-23(2)11-12-24-18(13-7-9-14(22)10-8-13)17-19(25)15-5-3-4-6-16(15)27-20(17)21(24)26/h3-10,18H,11-12H2,1-2H3. The molecule has 0 N–H and O–H groups in total. The van der Waals surface area contributed by atoms with E-state index in [1.54, 1.807) is 41.3 Å². The molecule has 6 heteroatoms. The van der Waals surface area contributed by atoms with Crippen molar-refractivity contribution >= 4 is 28.5 Å². The Morgan fingerprint density at radius 1 is 1.07 bits per heavy atom. The Balaban J connectivity index is 1.93. The Kier molecular flexibility index (Phi) is 4.50. The molecule has 0 aliphatic carbocycles. The second-order valence-corrected chi connectivity index (χ2v) is 7.36. The molecule has 2 heterocycles. The highest BCUT2D eigenvalue weighted by Crippen LogP contribution is 2.38. The van der Waals surface area contributed by atoms with Crippen molar-refractivity contribution in [3.8, 4) is 0 Å². The molecule has 0 radical (unpaired) electrons. The molecule has 0 saturated carbocycles. The van der Waals surface area contributed by atoms with E-state index < -0.39 is 6.04 Å². The van der Waals surface area contributed by atoms with E-state index in [0.717, 1.165) is 5.56 Å². The zero-order chi connectivity index (χ0) is 19.1. The van der Waals surface area contributed by atoms with Crippen LogP contribution in [0.15, 0.2) is 57.7 Å². The quantitative estimate of drug-likeness (QED) is 0.692. The van der Waals surface area contributed by atoms with Gasteiger partial charge in [-0.05, 0) is 43.9 Å². The van der Waals surface area contributed by atoms with Gasteiger partial charge in [-0.2, -0.15) is 0 Å². The monoisotopic (exact) mass is 382 g/mol. The van der Waals surface area contributed by atoms with Gasteiger partial charge in [-0.3, -0.25) is 9.59 Å². The fraction of sp³-hybridized carbons (Fsp3) is 0.238. The van der Waals surface area contributed by atoms with E-state index in [2.05, 4.69) is 0 Å². The van der Waals surface area contributed by atoms with Gasteiger partial charge < -0.3 is 14.2 Å². The molecule has 1 amide bonds. The number of hydrogen-bond donors (Lipinski definition) is 0. The third-order valence-electron chi connectivity index (χ3n) is 4.85. The number of carbonyl (C=O) groups excluding carboxylic acids is 1. The number of halogens is 1. The van der Waals surface area contributed by atoms with Crippen LogP contribution in [0.4, 0.5) is 0 Å². The Hall–Kier alpha value is -2.63. The molecule has 138 valence electrons. The van der Waals surface area contributed by atoms with Crippen LogP contribution in [0.3, 0.4) is 0 Å². The molecule has 0 spiro atoms. The molecule has 3 aromatic rings. The third kappa shape index (κ3) is 3.03. The molecule has 4 rings (SSSR count). The Morgan fingerprint density at radius 2 is 1.78 bits per heavy atom. The van der Waals surface area contributed by atoms with Crippen LogP contribution in [0.2, 0.25) is 5.02 Å². The van der Waals surface area contributed by atoms with Crippen LogP contribution in [0.5, 0.6) is 0 Å². The van der Waals surface area contributed by atoms with Crippen molar-refractivity contribution in [3.63, 3.8) is 0 Å². The van der Waals surface area contributed by atoms with Crippen molar-refractivity contribution in [2.75, 3.05) is 27.2 Å². The van der Waals surface area contributed by atoms with Crippen molar-refractivity contribution in [2.24, 2.45) is 0 Å². The summed E-state index contributed by atoms with van der Waals surface area (Å²) in [5.74, 6) is -0.118. The lowest BCUT2D eigenvalue weighted by Crippen LogP contribution is -2.35. The minimum atomic E-state index is -0.481. The van der Waals surface area contributed by atoms with Crippen LogP contribution in [-0.4, -0.2) is 42.9 Å². The van der Waals surface area contributed by atoms with Gasteiger partial charge in [0.15, 0.2) is 5.43 Å². The number of likely N-dealkylation sites (N-methyl/N-ethyl adjacent to an activating group) is 1. The molecule has 1 unspecified atom stereocenters. The van der Waals surface area contributed by atoms with Gasteiger partial charge in [0.05, 0.1) is 17.0 Å². The van der Waals surface area contributed by atoms with Gasteiger partial charge in [-0.25, -0.2) is 0 Å². The fourth-order valence-corrected chi connectivity index (χ4v) is 3.62. The van der Waals surface area contributed by atoms with Crippen LogP contribution in [0.25, 0.3) is 11.0 Å². The highest BCUT2D eigenvalue weighted by Gasteiger charge is 2.42. The second kappa shape index (κ2) is 6.83. The molecule has 0 bridgehead atoms. The van der Waals surface area contributed by atoms with E-state index in [9.17, 15) is 9.59 Å². The topological polar surface area (TPSA) is 53.8 Å². The summed E-state index contributed by atoms with van der Waals surface area (Å²) in [6, 6.07) is 13.8. The van der Waals surface area contributed by atoms with Gasteiger partial charge >= 0.3 is 0 Å². The lowest BCUT2D eigenvalue weighted by atomic mass is 9.98. The maximum atomic E-state index is 13.2. The SMILES string of the molecule is CN(C)CCN1C(=O)c2oc3ccccc3c(=O)c2C1c1ccc(Cl)cc1. The van der Waals surface area contributed by atoms with Gasteiger partial charge in [0, 0.05) is 18.1 Å². The maximum absolute atomic E-state index is 13.2. The molecule has 1 aliphatic rings. The van der Waals surface area contributed by atoms with Crippen molar-refractivity contribution in [1.29, 1.82) is 0 Å². The average molecular weight is 383 g/mol. The first kappa shape index (κ1) is 17.8. The highest BCUT2D eigenvalue weighted by molar-refractivity contribution is 6.30. The maximum Gasteiger partial charge on any atom is 0.290 e. The number of carbonyl (C=O) groups is 1. The van der Waals surface area contributed by atoms with Crippen molar-refractivity contribution in [3.05, 3.63) is 80.7 Å². The largest absolute Gasteiger partial charge is 0.450 e. The average Bonchev–Trinajstić information content (AvgIpc) is 2.93. The van der Waals surface area contributed by atoms with E-state index >= 15 is 0 Å². The molecular formula is C21H19ClN2O3. The predicted molar refractivity (Wildman–Crippen MR) is 105 cm³/mol. The second-order valence-electron chi connectivity index (χ2n) is 6.93. The first-order valence-electron chi connectivity index (χ1n) is 8.74. The highest BCUT2D eigenvalue weighted by atomic mass is 35.5. The zero-order valence-electron chi connectivity index (χ0n) is 15.1. The molecular weight excluding hydrogens is 364 g/mol. The Morgan fingerprint density at radius 3 is 2.48 bits per heavy atom. The number of nitrogens with zero attached hydrogens (tertiary/aromatic N) is 2.